The second-order valence-electron chi connectivity index (χ2n) is 4.87. The van der Waals surface area contributed by atoms with Crippen LogP contribution in [-0.4, -0.2) is 73.7 Å². The average Bonchev–Trinajstić information content (AvgIpc) is 2.56. The fourth-order valence-corrected chi connectivity index (χ4v) is 1.77. The van der Waals surface area contributed by atoms with Gasteiger partial charge in [0.05, 0.1) is 6.61 Å². The number of rotatable bonds is 8. The summed E-state index contributed by atoms with van der Waals surface area (Å²) in [7, 11) is 0. The lowest BCUT2D eigenvalue weighted by atomic mass is 9.99. The van der Waals surface area contributed by atoms with Crippen LogP contribution < -0.4 is 5.32 Å². The van der Waals surface area contributed by atoms with Gasteiger partial charge in [-0.3, -0.25) is 4.79 Å². The lowest BCUT2D eigenvalue weighted by Crippen LogP contribution is -2.53. The molecule has 0 aliphatic heterocycles. The summed E-state index contributed by atoms with van der Waals surface area (Å²) in [5.74, 6) is -0.943. The number of carbonyl (C=O) groups is 1. The van der Waals surface area contributed by atoms with Crippen molar-refractivity contribution in [1.82, 2.24) is 5.32 Å². The van der Waals surface area contributed by atoms with Crippen LogP contribution in [0.1, 0.15) is 5.56 Å². The van der Waals surface area contributed by atoms with E-state index in [1.807, 2.05) is 0 Å². The molecule has 1 aromatic rings. The summed E-state index contributed by atoms with van der Waals surface area (Å²) in [4.78, 5) is 11.7. The molecule has 0 bridgehead atoms. The molecule has 124 valence electrons. The summed E-state index contributed by atoms with van der Waals surface area (Å²) in [5, 5.41) is 58.5. The van der Waals surface area contributed by atoms with Crippen molar-refractivity contribution in [2.45, 2.75) is 37.1 Å². The van der Waals surface area contributed by atoms with Crippen molar-refractivity contribution >= 4 is 5.91 Å². The van der Waals surface area contributed by atoms with E-state index in [2.05, 4.69) is 5.32 Å². The van der Waals surface area contributed by atoms with Crippen LogP contribution in [0.3, 0.4) is 0 Å². The number of hydrogen-bond donors (Lipinski definition) is 7. The molecule has 0 saturated carbocycles. The highest BCUT2D eigenvalue weighted by Crippen LogP contribution is 2.09. The predicted octanol–water partition coefficient (Wildman–Crippen LogP) is -2.90. The van der Waals surface area contributed by atoms with Crippen molar-refractivity contribution in [3.63, 3.8) is 0 Å². The van der Waals surface area contributed by atoms with Gasteiger partial charge in [0.25, 0.3) is 5.91 Å². The Labute approximate surface area is 127 Å². The standard InChI is InChI=1S/C14H21NO7/c16-7-9(17)10(18)11(19)12(20)13(21)14(22)15-6-8-4-2-1-3-5-8/h1-5,9-13,16-21H,6-7H2,(H,15,22)/t9-,10-,11-,12+,13-/m1/s1. The zero-order chi connectivity index (χ0) is 16.7. The number of benzene rings is 1. The molecule has 0 aromatic heterocycles. The Morgan fingerprint density at radius 2 is 1.55 bits per heavy atom. The molecule has 7 N–H and O–H groups in total. The maximum Gasteiger partial charge on any atom is 0.251 e. The summed E-state index contributed by atoms with van der Waals surface area (Å²) >= 11 is 0. The highest BCUT2D eigenvalue weighted by atomic mass is 16.4. The van der Waals surface area contributed by atoms with E-state index in [0.29, 0.717) is 0 Å². The van der Waals surface area contributed by atoms with Gasteiger partial charge in [0.2, 0.25) is 0 Å². The summed E-state index contributed by atoms with van der Waals surface area (Å²) < 4.78 is 0. The molecule has 22 heavy (non-hydrogen) atoms. The summed E-state index contributed by atoms with van der Waals surface area (Å²) in [6.07, 6.45) is -9.63. The molecule has 0 fully saturated rings. The maximum atomic E-state index is 11.7. The van der Waals surface area contributed by atoms with Gasteiger partial charge in [0.1, 0.15) is 24.4 Å². The van der Waals surface area contributed by atoms with Crippen molar-refractivity contribution in [2.24, 2.45) is 0 Å². The molecule has 0 aliphatic carbocycles. The van der Waals surface area contributed by atoms with Gasteiger partial charge >= 0.3 is 0 Å². The Kier molecular flexibility index (Phi) is 7.39. The topological polar surface area (TPSA) is 150 Å². The number of aliphatic hydroxyl groups is 6. The first kappa shape index (κ1) is 18.5. The Morgan fingerprint density at radius 1 is 0.955 bits per heavy atom. The van der Waals surface area contributed by atoms with Crippen LogP contribution in [0.5, 0.6) is 0 Å². The minimum Gasteiger partial charge on any atom is -0.394 e. The average molecular weight is 315 g/mol. The van der Waals surface area contributed by atoms with Gasteiger partial charge in [-0.1, -0.05) is 30.3 Å². The monoisotopic (exact) mass is 315 g/mol. The zero-order valence-electron chi connectivity index (χ0n) is 11.8. The molecule has 0 heterocycles. The van der Waals surface area contributed by atoms with E-state index < -0.39 is 43.0 Å². The van der Waals surface area contributed by atoms with Crippen LogP contribution in [-0.2, 0) is 11.3 Å². The Morgan fingerprint density at radius 3 is 2.09 bits per heavy atom. The number of nitrogens with one attached hydrogen (secondary N) is 1. The number of aliphatic hydroxyl groups excluding tert-OH is 6. The van der Waals surface area contributed by atoms with Crippen molar-refractivity contribution in [1.29, 1.82) is 0 Å². The Balaban J connectivity index is 2.54. The van der Waals surface area contributed by atoms with Gasteiger partial charge in [0, 0.05) is 6.54 Å². The fourth-order valence-electron chi connectivity index (χ4n) is 1.77. The third-order valence-electron chi connectivity index (χ3n) is 3.18. The molecule has 8 heteroatoms. The molecule has 8 nitrogen and oxygen atoms in total. The Hall–Kier alpha value is -1.55. The predicted molar refractivity (Wildman–Crippen MR) is 75.4 cm³/mol. The molecule has 1 rings (SSSR count). The third kappa shape index (κ3) is 5.02. The summed E-state index contributed by atoms with van der Waals surface area (Å²) in [6, 6.07) is 8.83. The van der Waals surface area contributed by atoms with Gasteiger partial charge in [-0.05, 0) is 5.56 Å². The van der Waals surface area contributed by atoms with Gasteiger partial charge in [-0.15, -0.1) is 0 Å². The lowest BCUT2D eigenvalue weighted by molar-refractivity contribution is -0.157. The molecule has 0 radical (unpaired) electrons. The third-order valence-corrected chi connectivity index (χ3v) is 3.18. The van der Waals surface area contributed by atoms with E-state index in [1.54, 1.807) is 30.3 Å². The van der Waals surface area contributed by atoms with Gasteiger partial charge in [-0.25, -0.2) is 0 Å². The number of hydrogen-bond acceptors (Lipinski definition) is 7. The second kappa shape index (κ2) is 8.79. The van der Waals surface area contributed by atoms with Crippen LogP contribution >= 0.6 is 0 Å². The maximum absolute atomic E-state index is 11.7. The summed E-state index contributed by atoms with van der Waals surface area (Å²) in [5.41, 5.74) is 0.772. The van der Waals surface area contributed by atoms with Crippen LogP contribution in [0, 0.1) is 0 Å². The lowest BCUT2D eigenvalue weighted by Gasteiger charge is -2.27. The van der Waals surface area contributed by atoms with Gasteiger partial charge < -0.3 is 36.0 Å². The molecular formula is C14H21NO7. The van der Waals surface area contributed by atoms with Gasteiger partial charge in [0.15, 0.2) is 6.10 Å². The normalized spacial score (nSPS) is 18.1. The van der Waals surface area contributed by atoms with Gasteiger partial charge in [-0.2, -0.15) is 0 Å². The molecule has 0 saturated heterocycles. The first-order valence-electron chi connectivity index (χ1n) is 6.71. The van der Waals surface area contributed by atoms with Crippen LogP contribution in [0.15, 0.2) is 30.3 Å². The molecular weight excluding hydrogens is 294 g/mol. The molecule has 1 amide bonds. The zero-order valence-corrected chi connectivity index (χ0v) is 11.8. The van der Waals surface area contributed by atoms with Crippen molar-refractivity contribution < 1.29 is 35.4 Å². The molecule has 0 aliphatic rings. The number of amides is 1. The Bertz CT molecular complexity index is 456. The number of carbonyl (C=O) groups excluding carboxylic acids is 1. The second-order valence-corrected chi connectivity index (χ2v) is 4.87. The van der Waals surface area contributed by atoms with Crippen LogP contribution in [0.25, 0.3) is 0 Å². The highest BCUT2D eigenvalue weighted by molar-refractivity contribution is 5.81. The quantitative estimate of drug-likeness (QED) is 0.272. The molecule has 0 spiro atoms. The highest BCUT2D eigenvalue weighted by Gasteiger charge is 2.36. The van der Waals surface area contributed by atoms with E-state index in [4.69, 9.17) is 10.2 Å². The summed E-state index contributed by atoms with van der Waals surface area (Å²) in [6.45, 7) is -0.734. The minimum absolute atomic E-state index is 0.112. The smallest absolute Gasteiger partial charge is 0.251 e. The van der Waals surface area contributed by atoms with E-state index in [-0.39, 0.29) is 6.54 Å². The molecule has 5 atom stereocenters. The van der Waals surface area contributed by atoms with E-state index in [9.17, 15) is 25.2 Å². The molecule has 0 unspecified atom stereocenters. The van der Waals surface area contributed by atoms with E-state index in [1.165, 1.54) is 0 Å². The van der Waals surface area contributed by atoms with E-state index in [0.717, 1.165) is 5.56 Å². The minimum atomic E-state index is -2.02. The first-order chi connectivity index (χ1) is 10.4. The fraction of sp³-hybridized carbons (Fsp3) is 0.500. The van der Waals surface area contributed by atoms with Crippen molar-refractivity contribution in [2.75, 3.05) is 6.61 Å². The SMILES string of the molecule is O=C(NCc1ccccc1)[C@H](O)[C@@H](O)[C@H](O)[C@H](O)[C@H](O)CO. The van der Waals surface area contributed by atoms with Crippen LogP contribution in [0.2, 0.25) is 0 Å². The van der Waals surface area contributed by atoms with E-state index >= 15 is 0 Å². The molecule has 1 aromatic carbocycles. The van der Waals surface area contributed by atoms with Crippen molar-refractivity contribution in [3.05, 3.63) is 35.9 Å². The van der Waals surface area contributed by atoms with Crippen LogP contribution in [0.4, 0.5) is 0 Å². The first-order valence-corrected chi connectivity index (χ1v) is 6.71. The largest absolute Gasteiger partial charge is 0.394 e. The van der Waals surface area contributed by atoms with Crippen molar-refractivity contribution in [3.8, 4) is 0 Å².